The van der Waals surface area contributed by atoms with Gasteiger partial charge in [0.2, 0.25) is 0 Å². The van der Waals surface area contributed by atoms with Crippen molar-refractivity contribution in [1.82, 2.24) is 9.55 Å². The van der Waals surface area contributed by atoms with Crippen LogP contribution >= 0.6 is 11.6 Å². The Morgan fingerprint density at radius 2 is 2.30 bits per heavy atom. The summed E-state index contributed by atoms with van der Waals surface area (Å²) >= 11 is 6.14. The van der Waals surface area contributed by atoms with Crippen molar-refractivity contribution < 1.29 is 9.53 Å². The number of carbonyl (C=O) groups is 1. The van der Waals surface area contributed by atoms with Gasteiger partial charge in [0.15, 0.2) is 0 Å². The number of halogens is 1. The number of ether oxygens (including phenoxy) is 1. The summed E-state index contributed by atoms with van der Waals surface area (Å²) in [6.45, 7) is 2.19. The van der Waals surface area contributed by atoms with E-state index < -0.39 is 5.97 Å². The molecule has 0 radical (unpaired) electrons. The van der Waals surface area contributed by atoms with E-state index >= 15 is 0 Å². The van der Waals surface area contributed by atoms with Gasteiger partial charge in [0.25, 0.3) is 0 Å². The third-order valence-electron chi connectivity index (χ3n) is 2.96. The van der Waals surface area contributed by atoms with Crippen molar-refractivity contribution in [2.45, 2.75) is 13.5 Å². The van der Waals surface area contributed by atoms with Crippen LogP contribution in [0.3, 0.4) is 0 Å². The van der Waals surface area contributed by atoms with E-state index in [-0.39, 0.29) is 0 Å². The zero-order valence-electron chi connectivity index (χ0n) is 11.1. The molecular formula is C14H12ClN3O2. The number of rotatable bonds is 3. The second-order valence-electron chi connectivity index (χ2n) is 4.19. The molecule has 0 amide bonds. The minimum Gasteiger partial charge on any atom is -0.464 e. The Bertz CT molecular complexity index is 701. The molecule has 0 fully saturated rings. The predicted octanol–water partition coefficient (Wildman–Crippen LogP) is 2.55. The molecule has 1 aromatic carbocycles. The van der Waals surface area contributed by atoms with Crippen LogP contribution in [-0.2, 0) is 11.3 Å². The van der Waals surface area contributed by atoms with Crippen LogP contribution in [0.5, 0.6) is 0 Å². The smallest absolute Gasteiger partial charge is 0.356 e. The van der Waals surface area contributed by atoms with E-state index in [0.717, 1.165) is 5.56 Å². The molecule has 1 aromatic heterocycles. The van der Waals surface area contributed by atoms with E-state index in [4.69, 9.17) is 21.6 Å². The van der Waals surface area contributed by atoms with Crippen molar-refractivity contribution >= 4 is 17.6 Å². The lowest BCUT2D eigenvalue weighted by molar-refractivity contribution is 0.0588. The molecule has 0 aliphatic rings. The van der Waals surface area contributed by atoms with E-state index in [1.165, 1.54) is 13.3 Å². The van der Waals surface area contributed by atoms with Crippen LogP contribution in [0.2, 0.25) is 5.02 Å². The van der Waals surface area contributed by atoms with Gasteiger partial charge < -0.3 is 9.30 Å². The summed E-state index contributed by atoms with van der Waals surface area (Å²) in [5, 5.41) is 9.30. The van der Waals surface area contributed by atoms with Gasteiger partial charge in [0.1, 0.15) is 11.5 Å². The molecule has 0 aliphatic carbocycles. The Balaban J connectivity index is 2.38. The third-order valence-corrected chi connectivity index (χ3v) is 3.31. The van der Waals surface area contributed by atoms with Crippen LogP contribution < -0.4 is 0 Å². The van der Waals surface area contributed by atoms with E-state index in [1.807, 2.05) is 6.07 Å². The van der Waals surface area contributed by atoms with Gasteiger partial charge in [-0.05, 0) is 24.6 Å². The fourth-order valence-corrected chi connectivity index (χ4v) is 2.09. The Morgan fingerprint density at radius 3 is 2.90 bits per heavy atom. The number of nitriles is 1. The lowest BCUT2D eigenvalue weighted by atomic mass is 10.1. The lowest BCUT2D eigenvalue weighted by Crippen LogP contribution is -2.12. The molecule has 0 aliphatic heterocycles. The van der Waals surface area contributed by atoms with Gasteiger partial charge in [-0.3, -0.25) is 0 Å². The minimum atomic E-state index is -0.449. The van der Waals surface area contributed by atoms with E-state index in [1.54, 1.807) is 29.7 Å². The van der Waals surface area contributed by atoms with Crippen molar-refractivity contribution in [1.29, 1.82) is 5.26 Å². The fraction of sp³-hybridized carbons (Fsp3) is 0.214. The molecule has 0 N–H and O–H groups in total. The summed E-state index contributed by atoms with van der Waals surface area (Å²) in [6.07, 6.45) is 1.47. The molecule has 0 bridgehead atoms. The van der Waals surface area contributed by atoms with E-state index in [9.17, 15) is 4.79 Å². The molecule has 0 saturated carbocycles. The number of benzene rings is 1. The van der Waals surface area contributed by atoms with Gasteiger partial charge in [-0.25, -0.2) is 9.78 Å². The van der Waals surface area contributed by atoms with Crippen molar-refractivity contribution in [3.05, 3.63) is 52.1 Å². The normalized spacial score (nSPS) is 10.1. The average Bonchev–Trinajstić information content (AvgIpc) is 2.81. The number of hydrogen-bond acceptors (Lipinski definition) is 4. The van der Waals surface area contributed by atoms with E-state index in [0.29, 0.717) is 28.6 Å². The summed E-state index contributed by atoms with van der Waals surface area (Å²) in [5.74, 6) is 0.237. The van der Waals surface area contributed by atoms with Gasteiger partial charge in [0.05, 0.1) is 31.5 Å². The first-order valence-electron chi connectivity index (χ1n) is 5.85. The van der Waals surface area contributed by atoms with Crippen molar-refractivity contribution in [3.63, 3.8) is 0 Å². The lowest BCUT2D eigenvalue weighted by Gasteiger charge is -2.10. The molecule has 0 saturated heterocycles. The molecule has 20 heavy (non-hydrogen) atoms. The fourth-order valence-electron chi connectivity index (χ4n) is 1.85. The van der Waals surface area contributed by atoms with Gasteiger partial charge in [-0.1, -0.05) is 17.7 Å². The second-order valence-corrected chi connectivity index (χ2v) is 4.59. The van der Waals surface area contributed by atoms with Crippen molar-refractivity contribution in [2.75, 3.05) is 7.11 Å². The quantitative estimate of drug-likeness (QED) is 0.814. The number of aryl methyl sites for hydroxylation is 1. The number of carbonyl (C=O) groups excluding carboxylic acids is 1. The predicted molar refractivity (Wildman–Crippen MR) is 73.6 cm³/mol. The van der Waals surface area contributed by atoms with Crippen LogP contribution in [0, 0.1) is 18.3 Å². The number of aromatic nitrogens is 2. The molecule has 1 heterocycles. The summed E-state index contributed by atoms with van der Waals surface area (Å²) in [4.78, 5) is 15.8. The third kappa shape index (κ3) is 2.65. The summed E-state index contributed by atoms with van der Waals surface area (Å²) < 4.78 is 6.44. The Hall–Kier alpha value is -2.32. The molecule has 0 unspecified atom stereocenters. The number of hydrogen-bond donors (Lipinski definition) is 0. The van der Waals surface area contributed by atoms with Gasteiger partial charge in [-0.15, -0.1) is 0 Å². The minimum absolute atomic E-state index is 0.366. The SMILES string of the molecule is COC(=O)c1cnc(C)n1Cc1ccc(C#N)cc1Cl. The van der Waals surface area contributed by atoms with Crippen LogP contribution in [0.4, 0.5) is 0 Å². The molecule has 0 spiro atoms. The molecule has 2 rings (SSSR count). The van der Waals surface area contributed by atoms with Crippen LogP contribution in [0.1, 0.15) is 27.4 Å². The number of imidazole rings is 1. The summed E-state index contributed by atoms with van der Waals surface area (Å²) in [7, 11) is 1.32. The topological polar surface area (TPSA) is 67.9 Å². The molecule has 6 heteroatoms. The highest BCUT2D eigenvalue weighted by atomic mass is 35.5. The van der Waals surface area contributed by atoms with Gasteiger partial charge in [0, 0.05) is 5.02 Å². The largest absolute Gasteiger partial charge is 0.464 e. The Kier molecular flexibility index (Phi) is 4.06. The van der Waals surface area contributed by atoms with Gasteiger partial charge >= 0.3 is 5.97 Å². The van der Waals surface area contributed by atoms with Crippen molar-refractivity contribution in [2.24, 2.45) is 0 Å². The highest BCUT2D eigenvalue weighted by Crippen LogP contribution is 2.20. The maximum absolute atomic E-state index is 11.7. The molecular weight excluding hydrogens is 278 g/mol. The van der Waals surface area contributed by atoms with Crippen LogP contribution in [0.15, 0.2) is 24.4 Å². The van der Waals surface area contributed by atoms with E-state index in [2.05, 4.69) is 4.98 Å². The first kappa shape index (κ1) is 14.1. The molecule has 2 aromatic rings. The zero-order valence-corrected chi connectivity index (χ0v) is 11.8. The summed E-state index contributed by atoms with van der Waals surface area (Å²) in [5.41, 5.74) is 1.66. The van der Waals surface area contributed by atoms with Gasteiger partial charge in [-0.2, -0.15) is 5.26 Å². The maximum atomic E-state index is 11.7. The number of esters is 1. The average molecular weight is 290 g/mol. The molecule has 102 valence electrons. The summed E-state index contributed by atoms with van der Waals surface area (Å²) in [6, 6.07) is 7.08. The standard InChI is InChI=1S/C14H12ClN3O2/c1-9-17-7-13(14(19)20-2)18(9)8-11-4-3-10(6-16)5-12(11)15/h3-5,7H,8H2,1-2H3. The second kappa shape index (κ2) is 5.76. The Labute approximate surface area is 121 Å². The molecule has 5 nitrogen and oxygen atoms in total. The highest BCUT2D eigenvalue weighted by molar-refractivity contribution is 6.31. The number of methoxy groups -OCH3 is 1. The molecule has 0 atom stereocenters. The first-order valence-corrected chi connectivity index (χ1v) is 6.23. The number of nitrogens with zero attached hydrogens (tertiary/aromatic N) is 3. The Morgan fingerprint density at radius 1 is 1.55 bits per heavy atom. The van der Waals surface area contributed by atoms with Crippen molar-refractivity contribution in [3.8, 4) is 6.07 Å². The zero-order chi connectivity index (χ0) is 14.7. The van der Waals surface area contributed by atoms with Crippen LogP contribution in [-0.4, -0.2) is 22.6 Å². The maximum Gasteiger partial charge on any atom is 0.356 e. The van der Waals surface area contributed by atoms with Crippen LogP contribution in [0.25, 0.3) is 0 Å². The monoisotopic (exact) mass is 289 g/mol. The highest BCUT2D eigenvalue weighted by Gasteiger charge is 2.16. The first-order chi connectivity index (χ1) is 9.56.